The van der Waals surface area contributed by atoms with Crippen LogP contribution in [0.1, 0.15) is 55.4 Å². The summed E-state index contributed by atoms with van der Waals surface area (Å²) in [5.74, 6) is 2.09. The van der Waals surface area contributed by atoms with Crippen molar-refractivity contribution in [3.8, 4) is 5.75 Å². The molecule has 1 aromatic heterocycles. The first-order chi connectivity index (χ1) is 14.0. The van der Waals surface area contributed by atoms with Crippen molar-refractivity contribution in [3.05, 3.63) is 45.4 Å². The second kappa shape index (κ2) is 14.6. The van der Waals surface area contributed by atoms with E-state index in [0.717, 1.165) is 34.5 Å². The van der Waals surface area contributed by atoms with Crippen LogP contribution in [0.25, 0.3) is 0 Å². The molecule has 0 saturated heterocycles. The molecule has 0 fully saturated rings. The maximum atomic E-state index is 5.92. The number of nitrogens with one attached hydrogen (secondary N) is 2. The van der Waals surface area contributed by atoms with Gasteiger partial charge in [-0.05, 0) is 32.4 Å². The molecule has 2 aromatic rings. The summed E-state index contributed by atoms with van der Waals surface area (Å²) < 4.78 is 11.3. The third-order valence-electron chi connectivity index (χ3n) is 4.16. The van der Waals surface area contributed by atoms with Gasteiger partial charge in [-0.15, -0.1) is 35.3 Å². The number of hydrogen-bond donors (Lipinski definition) is 2. The molecular formula is C22H35IN4O2S. The van der Waals surface area contributed by atoms with Crippen molar-refractivity contribution >= 4 is 41.3 Å². The van der Waals surface area contributed by atoms with Crippen LogP contribution < -0.4 is 15.4 Å². The summed E-state index contributed by atoms with van der Waals surface area (Å²) in [4.78, 5) is 9.41. The van der Waals surface area contributed by atoms with Crippen molar-refractivity contribution in [2.24, 2.45) is 4.99 Å². The Morgan fingerprint density at radius 1 is 1.20 bits per heavy atom. The number of guanidine groups is 1. The molecule has 8 heteroatoms. The molecule has 0 atom stereocenters. The zero-order chi connectivity index (χ0) is 21.1. The van der Waals surface area contributed by atoms with Crippen molar-refractivity contribution in [3.63, 3.8) is 0 Å². The highest BCUT2D eigenvalue weighted by Gasteiger charge is 2.08. The van der Waals surface area contributed by atoms with E-state index in [-0.39, 0.29) is 24.0 Å². The van der Waals surface area contributed by atoms with Gasteiger partial charge in [-0.2, -0.15) is 0 Å². The first-order valence-electron chi connectivity index (χ1n) is 10.3. The average Bonchev–Trinajstić information content (AvgIpc) is 3.18. The number of rotatable bonds is 11. The number of ether oxygens (including phenoxy) is 2. The lowest BCUT2D eigenvalue weighted by Gasteiger charge is -2.13. The number of halogens is 1. The van der Waals surface area contributed by atoms with Gasteiger partial charge in [-0.3, -0.25) is 0 Å². The zero-order valence-corrected chi connectivity index (χ0v) is 21.8. The predicted octanol–water partition coefficient (Wildman–Crippen LogP) is 4.86. The fourth-order valence-electron chi connectivity index (χ4n) is 2.63. The number of nitrogens with zero attached hydrogens (tertiary/aromatic N) is 2. The number of thiazole rings is 1. The van der Waals surface area contributed by atoms with Crippen LogP contribution >= 0.6 is 35.3 Å². The van der Waals surface area contributed by atoms with Crippen molar-refractivity contribution in [1.82, 2.24) is 15.6 Å². The molecule has 0 aliphatic heterocycles. The maximum absolute atomic E-state index is 5.92. The first kappa shape index (κ1) is 26.6. The van der Waals surface area contributed by atoms with Crippen molar-refractivity contribution in [1.29, 1.82) is 0 Å². The number of aryl methyl sites for hydroxylation is 1. The minimum absolute atomic E-state index is 0. The molecule has 0 saturated carbocycles. The summed E-state index contributed by atoms with van der Waals surface area (Å²) >= 11 is 1.71. The van der Waals surface area contributed by atoms with Crippen molar-refractivity contribution in [2.75, 3.05) is 26.4 Å². The predicted molar refractivity (Wildman–Crippen MR) is 136 cm³/mol. The van der Waals surface area contributed by atoms with Gasteiger partial charge in [-0.1, -0.05) is 26.0 Å². The summed E-state index contributed by atoms with van der Waals surface area (Å²) in [6, 6.07) is 6.22. The summed E-state index contributed by atoms with van der Waals surface area (Å²) in [6.07, 6.45) is 0. The summed E-state index contributed by atoms with van der Waals surface area (Å²) in [7, 11) is 0. The van der Waals surface area contributed by atoms with Crippen LogP contribution in [0.3, 0.4) is 0 Å². The second-order valence-electron chi connectivity index (χ2n) is 7.04. The highest BCUT2D eigenvalue weighted by molar-refractivity contribution is 14.0. The van der Waals surface area contributed by atoms with Gasteiger partial charge >= 0.3 is 0 Å². The molecule has 0 aliphatic rings. The largest absolute Gasteiger partial charge is 0.491 e. The van der Waals surface area contributed by atoms with Gasteiger partial charge < -0.3 is 20.1 Å². The molecule has 0 bridgehead atoms. The lowest BCUT2D eigenvalue weighted by atomic mass is 10.1. The summed E-state index contributed by atoms with van der Waals surface area (Å²) in [6.45, 7) is 14.2. The van der Waals surface area contributed by atoms with E-state index in [9.17, 15) is 0 Å². The highest BCUT2D eigenvalue weighted by Crippen LogP contribution is 2.21. The molecule has 1 aromatic carbocycles. The summed E-state index contributed by atoms with van der Waals surface area (Å²) in [5.41, 5.74) is 3.26. The molecule has 30 heavy (non-hydrogen) atoms. The molecule has 1 heterocycles. The average molecular weight is 547 g/mol. The fourth-order valence-corrected chi connectivity index (χ4v) is 3.47. The van der Waals surface area contributed by atoms with Gasteiger partial charge in [0.15, 0.2) is 5.96 Å². The van der Waals surface area contributed by atoms with Gasteiger partial charge in [0.25, 0.3) is 0 Å². The van der Waals surface area contributed by atoms with Crippen LogP contribution in [0.5, 0.6) is 5.75 Å². The standard InChI is InChI=1S/C22H34N4O2S.HI/c1-6-23-22(25-14-19-15-29-21(26-19)16(3)4)24-13-18-9-8-17(5)12-20(18)28-11-10-27-7-2;/h8-9,12,15-16H,6-7,10-11,13-14H2,1-5H3,(H2,23,24,25);1H. The lowest BCUT2D eigenvalue weighted by molar-refractivity contribution is 0.110. The number of benzene rings is 1. The van der Waals surface area contributed by atoms with E-state index < -0.39 is 0 Å². The fraction of sp³-hybridized carbons (Fsp3) is 0.545. The minimum Gasteiger partial charge on any atom is -0.491 e. The number of aromatic nitrogens is 1. The molecule has 2 rings (SSSR count). The van der Waals surface area contributed by atoms with Gasteiger partial charge in [-0.25, -0.2) is 9.98 Å². The Hall–Kier alpha value is -1.39. The molecular weight excluding hydrogens is 511 g/mol. The third kappa shape index (κ3) is 9.18. The van der Waals surface area contributed by atoms with Gasteiger partial charge in [0, 0.05) is 30.0 Å². The van der Waals surface area contributed by atoms with Crippen LogP contribution in [-0.2, 0) is 17.8 Å². The van der Waals surface area contributed by atoms with Gasteiger partial charge in [0.05, 0.1) is 30.4 Å². The molecule has 0 unspecified atom stereocenters. The monoisotopic (exact) mass is 546 g/mol. The number of aliphatic imine (C=N–C) groups is 1. The Morgan fingerprint density at radius 3 is 2.67 bits per heavy atom. The van der Waals surface area contributed by atoms with Crippen LogP contribution in [-0.4, -0.2) is 37.3 Å². The molecule has 0 aliphatic carbocycles. The van der Waals surface area contributed by atoms with E-state index >= 15 is 0 Å². The lowest BCUT2D eigenvalue weighted by Crippen LogP contribution is -2.36. The molecule has 168 valence electrons. The normalized spacial score (nSPS) is 11.3. The van der Waals surface area contributed by atoms with Crippen molar-refractivity contribution < 1.29 is 9.47 Å². The number of hydrogen-bond acceptors (Lipinski definition) is 5. The Labute approximate surface area is 201 Å². The third-order valence-corrected chi connectivity index (χ3v) is 5.36. The van der Waals surface area contributed by atoms with E-state index in [1.807, 2.05) is 6.92 Å². The van der Waals surface area contributed by atoms with Crippen LogP contribution in [0.2, 0.25) is 0 Å². The van der Waals surface area contributed by atoms with E-state index in [1.165, 1.54) is 5.56 Å². The summed E-state index contributed by atoms with van der Waals surface area (Å²) in [5, 5.41) is 9.94. The van der Waals surface area contributed by atoms with Gasteiger partial charge in [0.1, 0.15) is 12.4 Å². The SMILES string of the molecule is CCNC(=NCc1ccc(C)cc1OCCOCC)NCc1csc(C(C)C)n1.I. The Morgan fingerprint density at radius 2 is 2.00 bits per heavy atom. The molecule has 2 N–H and O–H groups in total. The van der Waals surface area contributed by atoms with E-state index in [4.69, 9.17) is 14.5 Å². The Kier molecular flexibility index (Phi) is 13.0. The van der Waals surface area contributed by atoms with Gasteiger partial charge in [0.2, 0.25) is 0 Å². The topological polar surface area (TPSA) is 67.8 Å². The van der Waals surface area contributed by atoms with Crippen LogP contribution in [0, 0.1) is 6.92 Å². The van der Waals surface area contributed by atoms with E-state index in [2.05, 4.69) is 66.9 Å². The van der Waals surface area contributed by atoms with Crippen LogP contribution in [0.4, 0.5) is 0 Å². The minimum atomic E-state index is 0. The molecule has 0 amide bonds. The Balaban J connectivity index is 0.00000450. The van der Waals surface area contributed by atoms with Crippen LogP contribution in [0.15, 0.2) is 28.6 Å². The van der Waals surface area contributed by atoms with E-state index in [0.29, 0.717) is 38.8 Å². The highest BCUT2D eigenvalue weighted by atomic mass is 127. The molecule has 6 nitrogen and oxygen atoms in total. The molecule has 0 radical (unpaired) electrons. The quantitative estimate of drug-likeness (QED) is 0.182. The maximum Gasteiger partial charge on any atom is 0.191 e. The first-order valence-corrected chi connectivity index (χ1v) is 11.2. The molecule has 0 spiro atoms. The smallest absolute Gasteiger partial charge is 0.191 e. The zero-order valence-electron chi connectivity index (χ0n) is 18.7. The Bertz CT molecular complexity index is 780. The second-order valence-corrected chi connectivity index (χ2v) is 7.93. The van der Waals surface area contributed by atoms with E-state index in [1.54, 1.807) is 11.3 Å². The van der Waals surface area contributed by atoms with Crippen molar-refractivity contribution in [2.45, 2.75) is 53.6 Å².